The van der Waals surface area contributed by atoms with Crippen LogP contribution in [0.5, 0.6) is 0 Å². The third-order valence-electron chi connectivity index (χ3n) is 2.46. The number of rotatable bonds is 8. The summed E-state index contributed by atoms with van der Waals surface area (Å²) in [6.07, 6.45) is 0.467. The predicted molar refractivity (Wildman–Crippen MR) is 69.5 cm³/mol. The maximum absolute atomic E-state index is 11.8. The van der Waals surface area contributed by atoms with Crippen molar-refractivity contribution in [2.24, 2.45) is 0 Å². The third-order valence-corrected chi connectivity index (χ3v) is 3.94. The second-order valence-corrected chi connectivity index (χ2v) is 5.70. The highest BCUT2D eigenvalue weighted by atomic mass is 32.2. The maximum Gasteiger partial charge on any atom is 0.304 e. The van der Waals surface area contributed by atoms with Gasteiger partial charge in [0.05, 0.1) is 17.9 Å². The minimum Gasteiger partial charge on any atom is -0.481 e. The molecule has 0 amide bonds. The van der Waals surface area contributed by atoms with Gasteiger partial charge in [-0.2, -0.15) is 0 Å². The first-order valence-electron chi connectivity index (χ1n) is 5.75. The second kappa shape index (κ2) is 7.22. The highest BCUT2D eigenvalue weighted by Crippen LogP contribution is 2.11. The molecule has 19 heavy (non-hydrogen) atoms. The van der Waals surface area contributed by atoms with Gasteiger partial charge in [-0.15, -0.1) is 0 Å². The lowest BCUT2D eigenvalue weighted by Gasteiger charge is -2.06. The zero-order chi connectivity index (χ0) is 14.3. The number of carboxylic acids is 1. The molecule has 0 aliphatic rings. The summed E-state index contributed by atoms with van der Waals surface area (Å²) in [5.74, 6) is -1.04. The first-order valence-corrected chi connectivity index (χ1v) is 7.23. The number of benzene rings is 1. The Labute approximate surface area is 112 Å². The highest BCUT2D eigenvalue weighted by Gasteiger charge is 2.13. The Kier molecular flexibility index (Phi) is 5.94. The first-order chi connectivity index (χ1) is 8.95. The van der Waals surface area contributed by atoms with Gasteiger partial charge < -0.3 is 9.84 Å². The molecule has 0 aliphatic carbocycles. The van der Waals surface area contributed by atoms with Crippen molar-refractivity contribution >= 4 is 16.0 Å². The van der Waals surface area contributed by atoms with Gasteiger partial charge in [-0.1, -0.05) is 12.1 Å². The molecule has 6 nitrogen and oxygen atoms in total. The van der Waals surface area contributed by atoms with Gasteiger partial charge in [-0.25, -0.2) is 13.1 Å². The number of hydrogen-bond acceptors (Lipinski definition) is 4. The van der Waals surface area contributed by atoms with Crippen LogP contribution in [0.25, 0.3) is 0 Å². The van der Waals surface area contributed by atoms with Crippen molar-refractivity contribution in [2.45, 2.75) is 17.7 Å². The average Bonchev–Trinajstić information content (AvgIpc) is 2.36. The Bertz CT molecular complexity index is 509. The van der Waals surface area contributed by atoms with E-state index in [1.807, 2.05) is 0 Å². The summed E-state index contributed by atoms with van der Waals surface area (Å²) in [7, 11) is -2.04. The fourth-order valence-corrected chi connectivity index (χ4v) is 2.46. The Morgan fingerprint density at radius 3 is 2.47 bits per heavy atom. The molecule has 1 rings (SSSR count). The largest absolute Gasteiger partial charge is 0.481 e. The van der Waals surface area contributed by atoms with Crippen molar-refractivity contribution in [3.05, 3.63) is 29.8 Å². The van der Waals surface area contributed by atoms with E-state index in [9.17, 15) is 13.2 Å². The van der Waals surface area contributed by atoms with Crippen LogP contribution in [-0.4, -0.2) is 39.8 Å². The number of sulfonamides is 1. The number of nitrogens with one attached hydrogen (secondary N) is 1. The van der Waals surface area contributed by atoms with Gasteiger partial charge in [-0.3, -0.25) is 4.79 Å². The van der Waals surface area contributed by atoms with Crippen molar-refractivity contribution in [3.63, 3.8) is 0 Å². The molecule has 7 heteroatoms. The lowest BCUT2D eigenvalue weighted by molar-refractivity contribution is -0.136. The summed E-state index contributed by atoms with van der Waals surface area (Å²) in [5, 5.41) is 8.45. The van der Waals surface area contributed by atoms with E-state index in [0.29, 0.717) is 13.0 Å². The molecule has 0 spiro atoms. The van der Waals surface area contributed by atoms with Crippen LogP contribution in [0.4, 0.5) is 0 Å². The molecule has 0 saturated carbocycles. The van der Waals surface area contributed by atoms with Crippen LogP contribution in [-0.2, 0) is 26.0 Å². The van der Waals surface area contributed by atoms with E-state index < -0.39 is 16.0 Å². The standard InChI is InChI=1S/C12H17NO5S/c1-18-9-7-10-2-4-11(5-3-10)19(16,17)13-8-6-12(14)15/h2-5,13H,6-9H2,1H3,(H,14,15). The van der Waals surface area contributed by atoms with Gasteiger partial charge in [0.1, 0.15) is 0 Å². The van der Waals surface area contributed by atoms with Gasteiger partial charge in [0, 0.05) is 13.7 Å². The second-order valence-electron chi connectivity index (χ2n) is 3.93. The Hall–Kier alpha value is -1.44. The normalized spacial score (nSPS) is 11.4. The van der Waals surface area contributed by atoms with E-state index in [4.69, 9.17) is 9.84 Å². The highest BCUT2D eigenvalue weighted by molar-refractivity contribution is 7.89. The minimum absolute atomic E-state index is 0.122. The Morgan fingerprint density at radius 1 is 1.32 bits per heavy atom. The van der Waals surface area contributed by atoms with Crippen LogP contribution in [0.15, 0.2) is 29.2 Å². The third kappa shape index (κ3) is 5.37. The first kappa shape index (κ1) is 15.6. The van der Waals surface area contributed by atoms with E-state index >= 15 is 0 Å². The summed E-state index contributed by atoms with van der Waals surface area (Å²) in [6.45, 7) is 0.450. The fraction of sp³-hybridized carbons (Fsp3) is 0.417. The topological polar surface area (TPSA) is 92.7 Å². The number of ether oxygens (including phenoxy) is 1. The minimum atomic E-state index is -3.64. The number of methoxy groups -OCH3 is 1. The van der Waals surface area contributed by atoms with Crippen molar-refractivity contribution in [1.82, 2.24) is 4.72 Å². The molecule has 0 aliphatic heterocycles. The van der Waals surface area contributed by atoms with Crippen molar-refractivity contribution < 1.29 is 23.1 Å². The van der Waals surface area contributed by atoms with Crippen molar-refractivity contribution in [2.75, 3.05) is 20.3 Å². The van der Waals surface area contributed by atoms with E-state index in [-0.39, 0.29) is 17.9 Å². The molecule has 0 fully saturated rings. The lowest BCUT2D eigenvalue weighted by Crippen LogP contribution is -2.26. The fourth-order valence-electron chi connectivity index (χ4n) is 1.43. The molecule has 0 aromatic heterocycles. The molecule has 0 atom stereocenters. The van der Waals surface area contributed by atoms with Crippen LogP contribution < -0.4 is 4.72 Å². The van der Waals surface area contributed by atoms with Crippen LogP contribution in [0, 0.1) is 0 Å². The predicted octanol–water partition coefficient (Wildman–Crippen LogP) is 0.628. The molecule has 1 aromatic carbocycles. The number of carbonyl (C=O) groups is 1. The van der Waals surface area contributed by atoms with Crippen molar-refractivity contribution in [3.8, 4) is 0 Å². The van der Waals surface area contributed by atoms with E-state index in [1.165, 1.54) is 12.1 Å². The zero-order valence-electron chi connectivity index (χ0n) is 10.6. The molecule has 0 heterocycles. The summed E-state index contributed by atoms with van der Waals surface area (Å²) in [5.41, 5.74) is 0.978. The van der Waals surface area contributed by atoms with Gasteiger partial charge in [0.25, 0.3) is 0 Å². The molecular formula is C12H17NO5S. The molecule has 1 aromatic rings. The van der Waals surface area contributed by atoms with Crippen molar-refractivity contribution in [1.29, 1.82) is 0 Å². The smallest absolute Gasteiger partial charge is 0.304 e. The van der Waals surface area contributed by atoms with Gasteiger partial charge in [-0.05, 0) is 24.1 Å². The van der Waals surface area contributed by atoms with E-state index in [2.05, 4.69) is 4.72 Å². The SMILES string of the molecule is COCCc1ccc(S(=O)(=O)NCCC(=O)O)cc1. The molecule has 0 saturated heterocycles. The van der Waals surface area contributed by atoms with E-state index in [0.717, 1.165) is 5.56 Å². The van der Waals surface area contributed by atoms with Crippen LogP contribution >= 0.6 is 0 Å². The molecular weight excluding hydrogens is 270 g/mol. The Morgan fingerprint density at radius 2 is 1.95 bits per heavy atom. The van der Waals surface area contributed by atoms with Gasteiger partial charge in [0.2, 0.25) is 10.0 Å². The number of aliphatic carboxylic acids is 1. The number of hydrogen-bond donors (Lipinski definition) is 2. The van der Waals surface area contributed by atoms with Gasteiger partial charge in [0.15, 0.2) is 0 Å². The van der Waals surface area contributed by atoms with Crippen LogP contribution in [0.2, 0.25) is 0 Å². The molecule has 2 N–H and O–H groups in total. The maximum atomic E-state index is 11.8. The van der Waals surface area contributed by atoms with Crippen LogP contribution in [0.3, 0.4) is 0 Å². The number of carboxylic acid groups (broad SMARTS) is 1. The summed E-state index contributed by atoms with van der Waals surface area (Å²) in [4.78, 5) is 10.4. The molecule has 0 unspecified atom stereocenters. The molecule has 106 valence electrons. The monoisotopic (exact) mass is 287 g/mol. The summed E-state index contributed by atoms with van der Waals surface area (Å²) >= 11 is 0. The van der Waals surface area contributed by atoms with E-state index in [1.54, 1.807) is 19.2 Å². The summed E-state index contributed by atoms with van der Waals surface area (Å²) < 4.78 is 30.8. The van der Waals surface area contributed by atoms with Crippen LogP contribution in [0.1, 0.15) is 12.0 Å². The summed E-state index contributed by atoms with van der Waals surface area (Å²) in [6, 6.07) is 6.41. The quantitative estimate of drug-likeness (QED) is 0.731. The van der Waals surface area contributed by atoms with Gasteiger partial charge >= 0.3 is 5.97 Å². The average molecular weight is 287 g/mol. The lowest BCUT2D eigenvalue weighted by atomic mass is 10.2. The molecule has 0 bridgehead atoms. The zero-order valence-corrected chi connectivity index (χ0v) is 11.4. The molecule has 0 radical (unpaired) electrons. The Balaban J connectivity index is 2.65.